The Bertz CT molecular complexity index is 460. The molecule has 1 aromatic carbocycles. The van der Waals surface area contributed by atoms with Crippen molar-refractivity contribution in [3.05, 3.63) is 23.8 Å². The van der Waals surface area contributed by atoms with Crippen LogP contribution in [-0.4, -0.2) is 30.7 Å². The number of nitrogens with one attached hydrogen (secondary N) is 1. The van der Waals surface area contributed by atoms with E-state index in [1.54, 1.807) is 6.07 Å². The summed E-state index contributed by atoms with van der Waals surface area (Å²) in [6, 6.07) is 4.07. The van der Waals surface area contributed by atoms with E-state index in [0.29, 0.717) is 17.9 Å². The molecule has 0 saturated heterocycles. The molecule has 0 aromatic heterocycles. The fraction of sp³-hybridized carbons (Fsp3) is 0.333. The summed E-state index contributed by atoms with van der Waals surface area (Å²) in [6.07, 6.45) is 0.813. The quantitative estimate of drug-likeness (QED) is 0.707. The lowest BCUT2D eigenvalue weighted by atomic mass is 10.1. The fourth-order valence-electron chi connectivity index (χ4n) is 1.48. The number of nitrogen functional groups attached to an aromatic ring is 1. The standard InChI is InChI=1S/C12H17N3O3/c1-3-6-14-12(18)15(2)10-5-4-8(13)7-9(10)11(16)17/h4-5,7H,3,6,13H2,1-2H3,(H,14,18)(H,16,17). The number of carbonyl (C=O) groups is 2. The van der Waals surface area contributed by atoms with E-state index in [2.05, 4.69) is 5.32 Å². The van der Waals surface area contributed by atoms with Crippen LogP contribution in [0.15, 0.2) is 18.2 Å². The molecule has 1 rings (SSSR count). The monoisotopic (exact) mass is 251 g/mol. The Morgan fingerprint density at radius 1 is 1.44 bits per heavy atom. The van der Waals surface area contributed by atoms with E-state index in [1.807, 2.05) is 6.92 Å². The third-order valence-corrected chi connectivity index (χ3v) is 2.44. The van der Waals surface area contributed by atoms with Crippen LogP contribution in [0.2, 0.25) is 0 Å². The molecule has 4 N–H and O–H groups in total. The third-order valence-electron chi connectivity index (χ3n) is 2.44. The molecule has 0 heterocycles. The molecule has 0 fully saturated rings. The minimum absolute atomic E-state index is 0.00384. The number of nitrogens with two attached hydrogens (primary N) is 1. The van der Waals surface area contributed by atoms with Gasteiger partial charge >= 0.3 is 12.0 Å². The van der Waals surface area contributed by atoms with Crippen molar-refractivity contribution in [3.63, 3.8) is 0 Å². The number of rotatable bonds is 4. The van der Waals surface area contributed by atoms with Crippen LogP contribution in [0.5, 0.6) is 0 Å². The summed E-state index contributed by atoms with van der Waals surface area (Å²) in [4.78, 5) is 24.1. The van der Waals surface area contributed by atoms with Gasteiger partial charge < -0.3 is 16.2 Å². The molecule has 0 aliphatic heterocycles. The maximum absolute atomic E-state index is 11.8. The topological polar surface area (TPSA) is 95.7 Å². The number of amides is 2. The van der Waals surface area contributed by atoms with Crippen molar-refractivity contribution in [2.75, 3.05) is 24.2 Å². The van der Waals surface area contributed by atoms with Gasteiger partial charge in [-0.15, -0.1) is 0 Å². The first-order valence-corrected chi connectivity index (χ1v) is 5.61. The van der Waals surface area contributed by atoms with E-state index in [-0.39, 0.29) is 11.6 Å². The van der Waals surface area contributed by atoms with Gasteiger partial charge in [-0.2, -0.15) is 0 Å². The van der Waals surface area contributed by atoms with Crippen LogP contribution in [0.25, 0.3) is 0 Å². The van der Waals surface area contributed by atoms with Crippen LogP contribution in [0.3, 0.4) is 0 Å². The second kappa shape index (κ2) is 5.90. The van der Waals surface area contributed by atoms with E-state index in [9.17, 15) is 9.59 Å². The number of anilines is 2. The van der Waals surface area contributed by atoms with Crippen molar-refractivity contribution < 1.29 is 14.7 Å². The summed E-state index contributed by atoms with van der Waals surface area (Å²) in [7, 11) is 1.52. The Morgan fingerprint density at radius 2 is 2.11 bits per heavy atom. The van der Waals surface area contributed by atoms with Crippen molar-refractivity contribution in [3.8, 4) is 0 Å². The molecule has 0 spiro atoms. The molecule has 1 aromatic rings. The van der Waals surface area contributed by atoms with Gasteiger partial charge in [0.15, 0.2) is 0 Å². The highest BCUT2D eigenvalue weighted by molar-refractivity contribution is 6.01. The van der Waals surface area contributed by atoms with Crippen LogP contribution in [0.4, 0.5) is 16.2 Å². The third kappa shape index (κ3) is 3.13. The maximum atomic E-state index is 11.8. The van der Waals surface area contributed by atoms with Gasteiger partial charge in [0.2, 0.25) is 0 Å². The Balaban J connectivity index is 3.01. The van der Waals surface area contributed by atoms with Gasteiger partial charge in [-0.25, -0.2) is 9.59 Å². The summed E-state index contributed by atoms with van der Waals surface area (Å²) in [6.45, 7) is 2.48. The summed E-state index contributed by atoms with van der Waals surface area (Å²) in [5, 5.41) is 11.8. The average molecular weight is 251 g/mol. The van der Waals surface area contributed by atoms with Gasteiger partial charge in [-0.05, 0) is 24.6 Å². The van der Waals surface area contributed by atoms with Crippen LogP contribution >= 0.6 is 0 Å². The lowest BCUT2D eigenvalue weighted by Crippen LogP contribution is -2.38. The zero-order valence-electron chi connectivity index (χ0n) is 10.4. The normalized spacial score (nSPS) is 9.89. The van der Waals surface area contributed by atoms with Crippen molar-refractivity contribution in [2.45, 2.75) is 13.3 Å². The number of aromatic carboxylic acids is 1. The summed E-state index contributed by atoms with van der Waals surface area (Å²) in [5.41, 5.74) is 6.20. The molecule has 0 bridgehead atoms. The molecular formula is C12H17N3O3. The minimum atomic E-state index is -1.12. The Kier molecular flexibility index (Phi) is 4.53. The predicted octanol–water partition coefficient (Wildman–Crippen LogP) is 1.52. The molecule has 0 saturated carbocycles. The number of carboxylic acid groups (broad SMARTS) is 1. The number of carboxylic acids is 1. The zero-order chi connectivity index (χ0) is 13.7. The van der Waals surface area contributed by atoms with Crippen molar-refractivity contribution in [2.24, 2.45) is 0 Å². The zero-order valence-corrected chi connectivity index (χ0v) is 10.4. The highest BCUT2D eigenvalue weighted by Gasteiger charge is 2.18. The molecule has 0 atom stereocenters. The van der Waals surface area contributed by atoms with E-state index in [0.717, 1.165) is 6.42 Å². The lowest BCUT2D eigenvalue weighted by Gasteiger charge is -2.20. The van der Waals surface area contributed by atoms with Gasteiger partial charge in [-0.3, -0.25) is 4.90 Å². The van der Waals surface area contributed by atoms with Crippen LogP contribution in [-0.2, 0) is 0 Å². The first-order valence-electron chi connectivity index (χ1n) is 5.61. The van der Waals surface area contributed by atoms with Crippen molar-refractivity contribution >= 4 is 23.4 Å². The van der Waals surface area contributed by atoms with E-state index >= 15 is 0 Å². The first kappa shape index (κ1) is 13.8. The molecule has 2 amide bonds. The van der Waals surface area contributed by atoms with Crippen LogP contribution in [0.1, 0.15) is 23.7 Å². The lowest BCUT2D eigenvalue weighted by molar-refractivity contribution is 0.0698. The van der Waals surface area contributed by atoms with Crippen LogP contribution < -0.4 is 16.0 Å². The highest BCUT2D eigenvalue weighted by Crippen LogP contribution is 2.22. The van der Waals surface area contributed by atoms with Crippen molar-refractivity contribution in [1.82, 2.24) is 5.32 Å². The number of benzene rings is 1. The number of hydrogen-bond donors (Lipinski definition) is 3. The molecule has 6 heteroatoms. The van der Waals surface area contributed by atoms with E-state index < -0.39 is 5.97 Å². The van der Waals surface area contributed by atoms with Gasteiger partial charge in [0.25, 0.3) is 0 Å². The van der Waals surface area contributed by atoms with Crippen LogP contribution in [0, 0.1) is 0 Å². The first-order chi connectivity index (χ1) is 8.47. The molecule has 98 valence electrons. The smallest absolute Gasteiger partial charge is 0.337 e. The Hall–Kier alpha value is -2.24. The summed E-state index contributed by atoms with van der Waals surface area (Å²) < 4.78 is 0. The van der Waals surface area contributed by atoms with E-state index in [4.69, 9.17) is 10.8 Å². The molecule has 6 nitrogen and oxygen atoms in total. The van der Waals surface area contributed by atoms with Gasteiger partial charge in [0, 0.05) is 19.3 Å². The average Bonchev–Trinajstić information content (AvgIpc) is 2.34. The molecule has 0 aliphatic rings. The summed E-state index contributed by atoms with van der Waals surface area (Å²) >= 11 is 0. The second-order valence-electron chi connectivity index (χ2n) is 3.87. The molecule has 0 unspecified atom stereocenters. The molecular weight excluding hydrogens is 234 g/mol. The number of hydrogen-bond acceptors (Lipinski definition) is 3. The van der Waals surface area contributed by atoms with Gasteiger partial charge in [-0.1, -0.05) is 6.92 Å². The molecule has 18 heavy (non-hydrogen) atoms. The Morgan fingerprint density at radius 3 is 2.67 bits per heavy atom. The molecule has 0 aliphatic carbocycles. The predicted molar refractivity (Wildman–Crippen MR) is 69.9 cm³/mol. The van der Waals surface area contributed by atoms with Gasteiger partial charge in [0.1, 0.15) is 0 Å². The maximum Gasteiger partial charge on any atom is 0.337 e. The number of nitrogens with zero attached hydrogens (tertiary/aromatic N) is 1. The number of urea groups is 1. The SMILES string of the molecule is CCCNC(=O)N(C)c1ccc(N)cc1C(=O)O. The highest BCUT2D eigenvalue weighted by atomic mass is 16.4. The van der Waals surface area contributed by atoms with Gasteiger partial charge in [0.05, 0.1) is 11.3 Å². The summed E-state index contributed by atoms with van der Waals surface area (Å²) in [5.74, 6) is -1.12. The minimum Gasteiger partial charge on any atom is -0.478 e. The second-order valence-corrected chi connectivity index (χ2v) is 3.87. The largest absolute Gasteiger partial charge is 0.478 e. The van der Waals surface area contributed by atoms with E-state index in [1.165, 1.54) is 24.1 Å². The van der Waals surface area contributed by atoms with Crippen molar-refractivity contribution in [1.29, 1.82) is 0 Å². The molecule has 0 radical (unpaired) electrons. The fourth-order valence-corrected chi connectivity index (χ4v) is 1.48. The Labute approximate surface area is 105 Å². The number of carbonyl (C=O) groups excluding carboxylic acids is 1.